The van der Waals surface area contributed by atoms with Gasteiger partial charge < -0.3 is 24.8 Å². The molecule has 4 rings (SSSR count). The van der Waals surface area contributed by atoms with Gasteiger partial charge in [-0.15, -0.1) is 34.5 Å². The van der Waals surface area contributed by atoms with Gasteiger partial charge in [-0.1, -0.05) is 55.0 Å². The Hall–Kier alpha value is -1.01. The van der Waals surface area contributed by atoms with Crippen molar-refractivity contribution in [2.75, 3.05) is 0 Å². The van der Waals surface area contributed by atoms with Gasteiger partial charge in [-0.05, 0) is 28.8 Å². The van der Waals surface area contributed by atoms with Gasteiger partial charge in [0.1, 0.15) is 0 Å². The van der Waals surface area contributed by atoms with Crippen molar-refractivity contribution in [2.45, 2.75) is 13.3 Å². The quantitative estimate of drug-likeness (QED) is 0.391. The van der Waals surface area contributed by atoms with E-state index in [-0.39, 0.29) is 51.0 Å². The molecule has 0 aliphatic rings. The van der Waals surface area contributed by atoms with Crippen molar-refractivity contribution in [2.24, 2.45) is 0 Å². The molecule has 0 nitrogen and oxygen atoms in total. The second-order valence-corrected chi connectivity index (χ2v) is 5.59. The minimum absolute atomic E-state index is 0. The van der Waals surface area contributed by atoms with Gasteiger partial charge in [0.25, 0.3) is 0 Å². The van der Waals surface area contributed by atoms with Crippen LogP contribution in [0, 0.1) is 0 Å². The van der Waals surface area contributed by atoms with Gasteiger partial charge in [-0.2, -0.15) is 6.07 Å². The van der Waals surface area contributed by atoms with E-state index in [1.165, 1.54) is 38.2 Å². The van der Waals surface area contributed by atoms with Gasteiger partial charge >= 0.3 is 26.2 Å². The van der Waals surface area contributed by atoms with Crippen LogP contribution in [-0.4, -0.2) is 0 Å². The van der Waals surface area contributed by atoms with E-state index in [2.05, 4.69) is 79.7 Å². The molecule has 0 N–H and O–H groups in total. The van der Waals surface area contributed by atoms with E-state index in [9.17, 15) is 0 Å². The topological polar surface area (TPSA) is 0 Å². The molecule has 0 unspecified atom stereocenters. The molecular formula is C21H17Cl2Zr. The molecular weight excluding hydrogens is 414 g/mol. The van der Waals surface area contributed by atoms with E-state index in [4.69, 9.17) is 0 Å². The first-order valence-corrected chi connectivity index (χ1v) is 7.52. The molecule has 0 heterocycles. The molecule has 4 aromatic rings. The fourth-order valence-corrected chi connectivity index (χ4v) is 3.11. The molecule has 3 heteroatoms. The van der Waals surface area contributed by atoms with Crippen LogP contribution in [0.4, 0.5) is 0 Å². The standard InChI is InChI=1S/C21H17.2ClH.Zr/c1-2-15-12-18-8-5-9-20(21(18)13-15)19-11-10-16-6-3-4-7-17(16)14-19;;;/h3-14H,2H2,1H3;2*1H;/q-1;;;+3/p-2. The Bertz CT molecular complexity index is 941. The SMILES string of the molecule is CCc1cc2c(-c3ccc4ccccc4c3)cccc2[cH-]1.[Cl-].[Cl-].[Zr+3]. The molecule has 0 aromatic heterocycles. The number of halogens is 2. The molecule has 4 aromatic carbocycles. The van der Waals surface area contributed by atoms with Gasteiger partial charge in [0.05, 0.1) is 0 Å². The molecule has 0 saturated carbocycles. The van der Waals surface area contributed by atoms with E-state index in [1.807, 2.05) is 0 Å². The van der Waals surface area contributed by atoms with Crippen LogP contribution in [0.2, 0.25) is 0 Å². The van der Waals surface area contributed by atoms with E-state index in [1.54, 1.807) is 0 Å². The van der Waals surface area contributed by atoms with Crippen LogP contribution in [0.5, 0.6) is 0 Å². The second-order valence-electron chi connectivity index (χ2n) is 5.59. The van der Waals surface area contributed by atoms with Gasteiger partial charge in [-0.3, -0.25) is 0 Å². The summed E-state index contributed by atoms with van der Waals surface area (Å²) in [5.74, 6) is 0. The number of benzene rings is 3. The van der Waals surface area contributed by atoms with E-state index in [0.29, 0.717) is 0 Å². The summed E-state index contributed by atoms with van der Waals surface area (Å²) >= 11 is 0. The Morgan fingerprint density at radius 1 is 0.792 bits per heavy atom. The fourth-order valence-electron chi connectivity index (χ4n) is 3.11. The maximum atomic E-state index is 2.33. The molecule has 119 valence electrons. The third-order valence-corrected chi connectivity index (χ3v) is 4.28. The van der Waals surface area contributed by atoms with Gasteiger partial charge in [-0.25, -0.2) is 0 Å². The number of aryl methyl sites for hydroxylation is 1. The summed E-state index contributed by atoms with van der Waals surface area (Å²) in [6, 6.07) is 26.5. The average Bonchev–Trinajstić information content (AvgIpc) is 2.97. The monoisotopic (exact) mass is 429 g/mol. The molecule has 0 amide bonds. The van der Waals surface area contributed by atoms with E-state index >= 15 is 0 Å². The third kappa shape index (κ3) is 3.80. The molecule has 0 spiro atoms. The third-order valence-electron chi connectivity index (χ3n) is 4.28. The summed E-state index contributed by atoms with van der Waals surface area (Å²) in [5, 5.41) is 5.31. The van der Waals surface area contributed by atoms with E-state index < -0.39 is 0 Å². The van der Waals surface area contributed by atoms with Crippen LogP contribution in [0.15, 0.2) is 72.8 Å². The number of rotatable bonds is 2. The van der Waals surface area contributed by atoms with Crippen molar-refractivity contribution < 1.29 is 51.0 Å². The first kappa shape index (κ1) is 21.0. The second kappa shape index (κ2) is 8.90. The number of hydrogen-bond donors (Lipinski definition) is 0. The first-order valence-electron chi connectivity index (χ1n) is 7.52. The predicted octanol–water partition coefficient (Wildman–Crippen LogP) is -0.0532. The Balaban J connectivity index is 0.000000960. The van der Waals surface area contributed by atoms with Crippen LogP contribution < -0.4 is 24.8 Å². The summed E-state index contributed by atoms with van der Waals surface area (Å²) in [7, 11) is 0. The molecule has 0 atom stereocenters. The van der Waals surface area contributed by atoms with Crippen molar-refractivity contribution in [3.8, 4) is 11.1 Å². The molecule has 1 radical (unpaired) electrons. The first-order chi connectivity index (χ1) is 10.3. The van der Waals surface area contributed by atoms with Gasteiger partial charge in [0.2, 0.25) is 0 Å². The molecule has 0 aliphatic heterocycles. The Labute approximate surface area is 174 Å². The largest absolute Gasteiger partial charge is 3.00 e. The van der Waals surface area contributed by atoms with Gasteiger partial charge in [0, 0.05) is 0 Å². The number of fused-ring (bicyclic) bond motifs is 2. The van der Waals surface area contributed by atoms with Crippen molar-refractivity contribution in [1.29, 1.82) is 0 Å². The molecule has 24 heavy (non-hydrogen) atoms. The Kier molecular flexibility index (Phi) is 7.80. The fraction of sp³-hybridized carbons (Fsp3) is 0.0952. The Morgan fingerprint density at radius 3 is 2.29 bits per heavy atom. The molecule has 0 bridgehead atoms. The van der Waals surface area contributed by atoms with Gasteiger partial charge in [0.15, 0.2) is 0 Å². The summed E-state index contributed by atoms with van der Waals surface area (Å²) in [5.41, 5.74) is 4.05. The van der Waals surface area contributed by atoms with Crippen LogP contribution in [0.3, 0.4) is 0 Å². The van der Waals surface area contributed by atoms with Crippen LogP contribution >= 0.6 is 0 Å². The summed E-state index contributed by atoms with van der Waals surface area (Å²) in [4.78, 5) is 0. The maximum Gasteiger partial charge on any atom is 3.00 e. The number of hydrogen-bond acceptors (Lipinski definition) is 0. The van der Waals surface area contributed by atoms with Crippen molar-refractivity contribution >= 4 is 21.5 Å². The summed E-state index contributed by atoms with van der Waals surface area (Å²) < 4.78 is 0. The van der Waals surface area contributed by atoms with Crippen LogP contribution in [0.25, 0.3) is 32.7 Å². The molecule has 0 fully saturated rings. The van der Waals surface area contributed by atoms with Crippen molar-refractivity contribution in [1.82, 2.24) is 0 Å². The minimum Gasteiger partial charge on any atom is -1.00 e. The average molecular weight is 431 g/mol. The van der Waals surface area contributed by atoms with Crippen molar-refractivity contribution in [3.63, 3.8) is 0 Å². The molecule has 0 aliphatic carbocycles. The van der Waals surface area contributed by atoms with E-state index in [0.717, 1.165) is 6.42 Å². The zero-order valence-corrected chi connectivity index (χ0v) is 17.4. The zero-order chi connectivity index (χ0) is 14.2. The van der Waals surface area contributed by atoms with Crippen LogP contribution in [-0.2, 0) is 32.6 Å². The smallest absolute Gasteiger partial charge is 1.00 e. The maximum absolute atomic E-state index is 2.33. The van der Waals surface area contributed by atoms with Crippen molar-refractivity contribution in [3.05, 3.63) is 78.4 Å². The van der Waals surface area contributed by atoms with Crippen LogP contribution in [0.1, 0.15) is 12.5 Å². The minimum atomic E-state index is 0. The molecule has 0 saturated heterocycles. The predicted molar refractivity (Wildman–Crippen MR) is 91.9 cm³/mol. The normalized spacial score (nSPS) is 9.88. The zero-order valence-electron chi connectivity index (χ0n) is 13.4. The Morgan fingerprint density at radius 2 is 1.54 bits per heavy atom. The summed E-state index contributed by atoms with van der Waals surface area (Å²) in [6.07, 6.45) is 1.09. The summed E-state index contributed by atoms with van der Waals surface area (Å²) in [6.45, 7) is 2.21.